The van der Waals surface area contributed by atoms with E-state index < -0.39 is 35.9 Å². The lowest BCUT2D eigenvalue weighted by Gasteiger charge is -2.33. The SMILES string of the molecule is Cl.N#Cc1ccc(C(=O)Nc2ccc(F)c([C@]3(C(F)F)COCC(N)=N3)c2)nc1. The van der Waals surface area contributed by atoms with Crippen LogP contribution >= 0.6 is 12.4 Å². The maximum Gasteiger partial charge on any atom is 0.274 e. The number of aliphatic imine (C=N–C) groups is 1. The van der Waals surface area contributed by atoms with Crippen LogP contribution in [0.5, 0.6) is 0 Å². The van der Waals surface area contributed by atoms with Crippen LogP contribution in [0.1, 0.15) is 21.6 Å². The molecule has 0 saturated heterocycles. The summed E-state index contributed by atoms with van der Waals surface area (Å²) < 4.78 is 47.1. The third kappa shape index (κ3) is 4.47. The van der Waals surface area contributed by atoms with Gasteiger partial charge in [0.25, 0.3) is 12.3 Å². The molecule has 1 aliphatic heterocycles. The predicted molar refractivity (Wildman–Crippen MR) is 101 cm³/mol. The van der Waals surface area contributed by atoms with Crippen LogP contribution in [0, 0.1) is 17.1 Å². The fraction of sp³-hybridized carbons (Fsp3) is 0.222. The highest BCUT2D eigenvalue weighted by molar-refractivity contribution is 6.02. The van der Waals surface area contributed by atoms with Gasteiger partial charge >= 0.3 is 0 Å². The molecular formula is C18H15ClF3N5O2. The van der Waals surface area contributed by atoms with Crippen LogP contribution in [0.25, 0.3) is 0 Å². The van der Waals surface area contributed by atoms with E-state index in [9.17, 15) is 18.0 Å². The van der Waals surface area contributed by atoms with Crippen molar-refractivity contribution in [3.63, 3.8) is 0 Å². The number of ether oxygens (including phenoxy) is 1. The number of nitrogens with two attached hydrogens (primary N) is 1. The Kier molecular flexibility index (Phi) is 6.79. The van der Waals surface area contributed by atoms with Gasteiger partial charge in [-0.25, -0.2) is 18.2 Å². The number of carbonyl (C=O) groups is 1. The number of alkyl halides is 2. The van der Waals surface area contributed by atoms with Gasteiger partial charge in [-0.05, 0) is 30.3 Å². The van der Waals surface area contributed by atoms with Crippen molar-refractivity contribution < 1.29 is 22.7 Å². The van der Waals surface area contributed by atoms with Crippen molar-refractivity contribution in [2.45, 2.75) is 12.0 Å². The monoisotopic (exact) mass is 425 g/mol. The Bertz CT molecular complexity index is 978. The molecule has 0 radical (unpaired) electrons. The lowest BCUT2D eigenvalue weighted by atomic mass is 9.90. The second kappa shape index (κ2) is 8.89. The Labute approximate surface area is 169 Å². The van der Waals surface area contributed by atoms with E-state index in [0.29, 0.717) is 0 Å². The van der Waals surface area contributed by atoms with Gasteiger partial charge in [0.15, 0.2) is 5.54 Å². The predicted octanol–water partition coefficient (Wildman–Crippen LogP) is 2.61. The smallest absolute Gasteiger partial charge is 0.274 e. The van der Waals surface area contributed by atoms with E-state index in [0.717, 1.165) is 12.1 Å². The molecule has 1 aromatic heterocycles. The zero-order valence-corrected chi connectivity index (χ0v) is 15.5. The molecule has 1 aromatic carbocycles. The maximum atomic E-state index is 14.4. The number of hydrogen-bond acceptors (Lipinski definition) is 6. The first kappa shape index (κ1) is 22.1. The number of aromatic nitrogens is 1. The second-order valence-corrected chi connectivity index (χ2v) is 6.01. The standard InChI is InChI=1S/C18H14F3N5O2.ClH/c19-13-3-2-11(25-16(27)14-4-1-10(6-22)7-24-14)5-12(13)18(17(20)21)9-28-8-15(23)26-18;/h1-5,7,17H,8-9H2,(H2,23,26)(H,25,27);1H/t18-;/m0./s1. The summed E-state index contributed by atoms with van der Waals surface area (Å²) >= 11 is 0. The first-order valence-electron chi connectivity index (χ1n) is 8.03. The van der Waals surface area contributed by atoms with Crippen LogP contribution in [0.4, 0.5) is 18.9 Å². The zero-order chi connectivity index (χ0) is 20.3. The molecule has 152 valence electrons. The van der Waals surface area contributed by atoms with Gasteiger partial charge < -0.3 is 15.8 Å². The summed E-state index contributed by atoms with van der Waals surface area (Å²) in [6.45, 7) is -0.687. The van der Waals surface area contributed by atoms with Crippen LogP contribution in [-0.2, 0) is 10.3 Å². The molecular weight excluding hydrogens is 411 g/mol. The van der Waals surface area contributed by atoms with E-state index in [1.165, 1.54) is 24.4 Å². The van der Waals surface area contributed by atoms with Crippen molar-refractivity contribution in [2.75, 3.05) is 18.5 Å². The van der Waals surface area contributed by atoms with Crippen molar-refractivity contribution >= 4 is 29.8 Å². The summed E-state index contributed by atoms with van der Waals surface area (Å²) in [6, 6.07) is 7.83. The molecule has 0 saturated carbocycles. The minimum Gasteiger partial charge on any atom is -0.385 e. The Balaban J connectivity index is 0.00000300. The minimum atomic E-state index is -3.09. The zero-order valence-electron chi connectivity index (χ0n) is 14.7. The third-order valence-electron chi connectivity index (χ3n) is 4.09. The third-order valence-corrected chi connectivity index (χ3v) is 4.09. The first-order valence-corrected chi connectivity index (χ1v) is 8.03. The highest BCUT2D eigenvalue weighted by Gasteiger charge is 2.46. The fourth-order valence-corrected chi connectivity index (χ4v) is 2.72. The number of benzene rings is 1. The summed E-state index contributed by atoms with van der Waals surface area (Å²) in [7, 11) is 0. The van der Waals surface area contributed by atoms with Crippen molar-refractivity contribution in [1.29, 1.82) is 5.26 Å². The summed E-state index contributed by atoms with van der Waals surface area (Å²) in [5.74, 6) is -1.77. The van der Waals surface area contributed by atoms with Gasteiger partial charge in [0, 0.05) is 17.4 Å². The van der Waals surface area contributed by atoms with Crippen LogP contribution in [0.2, 0.25) is 0 Å². The number of halogens is 4. The number of amides is 1. The average molecular weight is 426 g/mol. The van der Waals surface area contributed by atoms with Crippen molar-refractivity contribution in [3.05, 3.63) is 59.2 Å². The highest BCUT2D eigenvalue weighted by atomic mass is 35.5. The number of amidine groups is 1. The van der Waals surface area contributed by atoms with Gasteiger partial charge in [0.2, 0.25) is 0 Å². The normalized spacial score (nSPS) is 18.4. The Morgan fingerprint density at radius 2 is 2.10 bits per heavy atom. The molecule has 3 rings (SSSR count). The Morgan fingerprint density at radius 3 is 2.69 bits per heavy atom. The molecule has 0 fully saturated rings. The molecule has 29 heavy (non-hydrogen) atoms. The largest absolute Gasteiger partial charge is 0.385 e. The molecule has 0 bridgehead atoms. The molecule has 2 heterocycles. The molecule has 0 spiro atoms. The van der Waals surface area contributed by atoms with Crippen LogP contribution in [0.15, 0.2) is 41.5 Å². The molecule has 0 unspecified atom stereocenters. The van der Waals surface area contributed by atoms with Gasteiger partial charge in [-0.2, -0.15) is 5.26 Å². The number of carbonyl (C=O) groups excluding carboxylic acids is 1. The number of anilines is 1. The molecule has 11 heteroatoms. The maximum absolute atomic E-state index is 14.4. The Hall–Kier alpha value is -3.16. The number of nitrogens with zero attached hydrogens (tertiary/aromatic N) is 3. The van der Waals surface area contributed by atoms with Gasteiger partial charge in [-0.3, -0.25) is 9.79 Å². The molecule has 1 amide bonds. The summed E-state index contributed by atoms with van der Waals surface area (Å²) in [5.41, 5.74) is 3.10. The van der Waals surface area contributed by atoms with Gasteiger partial charge in [-0.15, -0.1) is 12.4 Å². The Morgan fingerprint density at radius 1 is 1.34 bits per heavy atom. The van der Waals surface area contributed by atoms with E-state index in [2.05, 4.69) is 15.3 Å². The van der Waals surface area contributed by atoms with Crippen molar-refractivity contribution in [3.8, 4) is 6.07 Å². The first-order chi connectivity index (χ1) is 13.4. The summed E-state index contributed by atoms with van der Waals surface area (Å²) in [6.07, 6.45) is -1.87. The topological polar surface area (TPSA) is 113 Å². The van der Waals surface area contributed by atoms with E-state index in [1.807, 2.05) is 6.07 Å². The van der Waals surface area contributed by atoms with Crippen LogP contribution in [0.3, 0.4) is 0 Å². The van der Waals surface area contributed by atoms with Gasteiger partial charge in [0.1, 0.15) is 30.0 Å². The minimum absolute atomic E-state index is 0. The number of nitriles is 1. The molecule has 7 nitrogen and oxygen atoms in total. The molecule has 0 aliphatic carbocycles. The second-order valence-electron chi connectivity index (χ2n) is 6.01. The van der Waals surface area contributed by atoms with E-state index in [4.69, 9.17) is 15.7 Å². The van der Waals surface area contributed by atoms with E-state index in [-0.39, 0.29) is 41.8 Å². The molecule has 1 atom stereocenters. The molecule has 1 aliphatic rings. The van der Waals surface area contributed by atoms with Crippen LogP contribution < -0.4 is 11.1 Å². The van der Waals surface area contributed by atoms with E-state index in [1.54, 1.807) is 0 Å². The lowest BCUT2D eigenvalue weighted by molar-refractivity contribution is -0.0145. The molecule has 2 aromatic rings. The number of pyridine rings is 1. The van der Waals surface area contributed by atoms with Crippen LogP contribution in [-0.4, -0.2) is 36.4 Å². The number of hydrogen-bond donors (Lipinski definition) is 2. The average Bonchev–Trinajstić information content (AvgIpc) is 2.69. The van der Waals surface area contributed by atoms with E-state index >= 15 is 0 Å². The highest BCUT2D eigenvalue weighted by Crippen LogP contribution is 2.37. The van der Waals surface area contributed by atoms with Gasteiger partial charge in [-0.1, -0.05) is 0 Å². The number of nitrogens with one attached hydrogen (secondary N) is 1. The summed E-state index contributed by atoms with van der Waals surface area (Å²) in [5, 5.41) is 11.2. The molecule has 3 N–H and O–H groups in total. The fourth-order valence-electron chi connectivity index (χ4n) is 2.72. The van der Waals surface area contributed by atoms with Gasteiger partial charge in [0.05, 0.1) is 12.2 Å². The quantitative estimate of drug-likeness (QED) is 0.781. The van der Waals surface area contributed by atoms with Crippen molar-refractivity contribution in [2.24, 2.45) is 10.7 Å². The summed E-state index contributed by atoms with van der Waals surface area (Å²) in [4.78, 5) is 19.9. The number of rotatable bonds is 4. The lowest BCUT2D eigenvalue weighted by Crippen LogP contribution is -2.45. The van der Waals surface area contributed by atoms with Crippen molar-refractivity contribution in [1.82, 2.24) is 4.98 Å².